The van der Waals surface area contributed by atoms with Gasteiger partial charge in [-0.2, -0.15) is 0 Å². The second-order valence-corrected chi connectivity index (χ2v) is 17.2. The average molecular weight is 875 g/mol. The largest absolute Gasteiger partial charge is 0.472 e. The van der Waals surface area contributed by atoms with Crippen molar-refractivity contribution >= 4 is 19.8 Å². The fraction of sp³-hybridized carbons (Fsp3) is 0.778. The highest BCUT2D eigenvalue weighted by Gasteiger charge is 2.51. The quantitative estimate of drug-likeness (QED) is 0.0107. The van der Waals surface area contributed by atoms with E-state index in [1.54, 1.807) is 6.08 Å². The first-order chi connectivity index (χ1) is 28.8. The standard InChI is InChI=1S/C45H79O14P/c1-3-5-7-9-11-12-13-14-15-16-20-25-29-33-39(48)58-37(35-57-60(54,55)59-45-43(52)41(50)40(49)42(51)44(45)53)34-56-38(47)32-28-24-21-17-19-23-27-31-36(46)30-26-22-18-10-8-6-4-2/h17-18,21-23,26-27,30,36-37,40-46,49-53H,3-16,19-20,24-25,28-29,31-35H2,1-2H3,(H,54,55)/b21-17+,22-18-,27-23-,30-26-/t36-,37-,40?,41-,42+,43-,44-,45?/m1/s1. The van der Waals surface area contributed by atoms with Gasteiger partial charge >= 0.3 is 19.8 Å². The third-order valence-corrected chi connectivity index (χ3v) is 11.2. The van der Waals surface area contributed by atoms with Gasteiger partial charge in [-0.05, 0) is 44.9 Å². The summed E-state index contributed by atoms with van der Waals surface area (Å²) >= 11 is 0. The predicted molar refractivity (Wildman–Crippen MR) is 232 cm³/mol. The first-order valence-corrected chi connectivity index (χ1v) is 24.0. The molecule has 1 aliphatic rings. The molecule has 0 amide bonds. The summed E-state index contributed by atoms with van der Waals surface area (Å²) in [4.78, 5) is 35.6. The molecule has 60 heavy (non-hydrogen) atoms. The number of phosphoric ester groups is 1. The molecule has 0 spiro atoms. The lowest BCUT2D eigenvalue weighted by Gasteiger charge is -2.41. The highest BCUT2D eigenvalue weighted by molar-refractivity contribution is 7.47. The topological polar surface area (TPSA) is 230 Å². The lowest BCUT2D eigenvalue weighted by Crippen LogP contribution is -2.64. The number of aliphatic hydroxyl groups excluding tert-OH is 6. The van der Waals surface area contributed by atoms with Gasteiger partial charge in [-0.25, -0.2) is 4.57 Å². The molecule has 0 aromatic rings. The van der Waals surface area contributed by atoms with Crippen LogP contribution in [-0.2, 0) is 32.7 Å². The van der Waals surface area contributed by atoms with Crippen LogP contribution in [0.3, 0.4) is 0 Å². The number of ether oxygens (including phenoxy) is 2. The van der Waals surface area contributed by atoms with Crippen LogP contribution in [0.1, 0.15) is 162 Å². The molecule has 0 heterocycles. The first kappa shape index (κ1) is 55.8. The van der Waals surface area contributed by atoms with E-state index in [4.69, 9.17) is 18.5 Å². The van der Waals surface area contributed by atoms with Crippen LogP contribution < -0.4 is 0 Å². The van der Waals surface area contributed by atoms with Crippen LogP contribution in [0.5, 0.6) is 0 Å². The van der Waals surface area contributed by atoms with Gasteiger partial charge in [0.25, 0.3) is 0 Å². The van der Waals surface area contributed by atoms with E-state index in [9.17, 15) is 49.7 Å². The van der Waals surface area contributed by atoms with Crippen molar-refractivity contribution in [3.8, 4) is 0 Å². The average Bonchev–Trinajstić information content (AvgIpc) is 3.22. The van der Waals surface area contributed by atoms with E-state index in [2.05, 4.69) is 19.9 Å². The van der Waals surface area contributed by atoms with Crippen LogP contribution in [0.25, 0.3) is 0 Å². The Morgan fingerprint density at radius 3 is 1.73 bits per heavy atom. The fourth-order valence-electron chi connectivity index (χ4n) is 6.54. The molecule has 0 aromatic carbocycles. The normalized spacial score (nSPS) is 23.1. The van der Waals surface area contributed by atoms with Crippen molar-refractivity contribution in [3.05, 3.63) is 48.6 Å². The van der Waals surface area contributed by atoms with Gasteiger partial charge in [0, 0.05) is 12.8 Å². The molecule has 0 bridgehead atoms. The Bertz CT molecular complexity index is 1260. The van der Waals surface area contributed by atoms with E-state index < -0.39 is 81.8 Å². The lowest BCUT2D eigenvalue weighted by atomic mass is 9.85. The van der Waals surface area contributed by atoms with Crippen molar-refractivity contribution in [2.75, 3.05) is 13.2 Å². The SMILES string of the molecule is CCCCC/C=C\C=C/[C@@H](O)C/C=C\C/C=C/CCCC(=O)OC[C@H](COP(=O)(O)OC1[C@H](O)[C@H](O)C(O)[C@H](O)[C@H]1O)OC(=O)CCCCCCCCCCCCCCC. The van der Waals surface area contributed by atoms with Crippen LogP contribution in [0.4, 0.5) is 0 Å². The molecule has 0 radical (unpaired) electrons. The Morgan fingerprint density at radius 2 is 1.12 bits per heavy atom. The Hall–Kier alpha value is -2.23. The number of phosphoric acid groups is 1. The van der Waals surface area contributed by atoms with E-state index >= 15 is 0 Å². The Labute approximate surface area is 359 Å². The molecule has 1 saturated carbocycles. The van der Waals surface area contributed by atoms with Gasteiger partial charge in [-0.3, -0.25) is 18.6 Å². The minimum Gasteiger partial charge on any atom is -0.462 e. The number of carbonyl (C=O) groups excluding carboxylic acids is 2. The smallest absolute Gasteiger partial charge is 0.462 e. The molecule has 1 fully saturated rings. The van der Waals surface area contributed by atoms with Crippen LogP contribution >= 0.6 is 7.82 Å². The number of hydrogen-bond acceptors (Lipinski definition) is 13. The number of unbranched alkanes of at least 4 members (excludes halogenated alkanes) is 16. The molecule has 14 nitrogen and oxygen atoms in total. The van der Waals surface area contributed by atoms with E-state index in [-0.39, 0.29) is 12.8 Å². The van der Waals surface area contributed by atoms with Crippen LogP contribution in [0.2, 0.25) is 0 Å². The van der Waals surface area contributed by atoms with Crippen molar-refractivity contribution in [1.29, 1.82) is 0 Å². The Kier molecular flexibility index (Phi) is 32.8. The molecule has 1 aliphatic carbocycles. The van der Waals surface area contributed by atoms with Gasteiger partial charge in [0.05, 0.1) is 12.7 Å². The zero-order valence-corrected chi connectivity index (χ0v) is 37.2. The molecular formula is C45H79O14P. The minimum absolute atomic E-state index is 0.0573. The summed E-state index contributed by atoms with van der Waals surface area (Å²) in [5, 5.41) is 60.2. The highest BCUT2D eigenvalue weighted by Crippen LogP contribution is 2.47. The molecule has 7 N–H and O–H groups in total. The van der Waals surface area contributed by atoms with Gasteiger partial charge < -0.3 is 45.0 Å². The summed E-state index contributed by atoms with van der Waals surface area (Å²) in [6.07, 6.45) is 23.4. The van der Waals surface area contributed by atoms with Crippen LogP contribution in [-0.4, -0.2) is 110 Å². The summed E-state index contributed by atoms with van der Waals surface area (Å²) in [6.45, 7) is 3.13. The van der Waals surface area contributed by atoms with Gasteiger partial charge in [-0.15, -0.1) is 0 Å². The summed E-state index contributed by atoms with van der Waals surface area (Å²) in [5.74, 6) is -1.21. The second kappa shape index (κ2) is 35.3. The van der Waals surface area contributed by atoms with E-state index in [0.29, 0.717) is 32.1 Å². The molecule has 9 atom stereocenters. The number of esters is 2. The zero-order chi connectivity index (χ0) is 44.4. The number of aliphatic hydroxyl groups is 6. The van der Waals surface area contributed by atoms with Crippen molar-refractivity contribution in [2.45, 2.75) is 210 Å². The molecular weight excluding hydrogens is 795 g/mol. The van der Waals surface area contributed by atoms with Crippen LogP contribution in [0, 0.1) is 0 Å². The second-order valence-electron chi connectivity index (χ2n) is 15.8. The molecule has 1 rings (SSSR count). The zero-order valence-electron chi connectivity index (χ0n) is 36.4. The number of rotatable bonds is 36. The van der Waals surface area contributed by atoms with Crippen molar-refractivity contribution in [2.24, 2.45) is 0 Å². The van der Waals surface area contributed by atoms with Gasteiger partial charge in [0.1, 0.15) is 43.2 Å². The molecule has 348 valence electrons. The number of allylic oxidation sites excluding steroid dienone is 6. The lowest BCUT2D eigenvalue weighted by molar-refractivity contribution is -0.220. The minimum atomic E-state index is -5.14. The van der Waals surface area contributed by atoms with Gasteiger partial charge in [0.15, 0.2) is 6.10 Å². The third-order valence-electron chi connectivity index (χ3n) is 10.3. The molecule has 0 aliphatic heterocycles. The van der Waals surface area contributed by atoms with Crippen molar-refractivity contribution in [1.82, 2.24) is 0 Å². The Balaban J connectivity index is 2.54. The maximum Gasteiger partial charge on any atom is 0.472 e. The van der Waals surface area contributed by atoms with Crippen LogP contribution in [0.15, 0.2) is 48.6 Å². The maximum absolute atomic E-state index is 12.8. The highest BCUT2D eigenvalue weighted by atomic mass is 31.2. The van der Waals surface area contributed by atoms with E-state index in [0.717, 1.165) is 32.1 Å². The molecule has 3 unspecified atom stereocenters. The summed E-state index contributed by atoms with van der Waals surface area (Å²) in [6, 6.07) is 0. The fourth-order valence-corrected chi connectivity index (χ4v) is 7.51. The van der Waals surface area contributed by atoms with Gasteiger partial charge in [-0.1, -0.05) is 152 Å². The number of hydrogen-bond donors (Lipinski definition) is 7. The molecule has 0 saturated heterocycles. The third kappa shape index (κ3) is 27.7. The maximum atomic E-state index is 12.8. The summed E-state index contributed by atoms with van der Waals surface area (Å²) < 4.78 is 33.4. The first-order valence-electron chi connectivity index (χ1n) is 22.5. The van der Waals surface area contributed by atoms with Crippen molar-refractivity contribution in [3.63, 3.8) is 0 Å². The van der Waals surface area contributed by atoms with Crippen molar-refractivity contribution < 1.29 is 68.2 Å². The van der Waals surface area contributed by atoms with E-state index in [1.165, 1.54) is 70.6 Å². The molecule has 15 heteroatoms. The summed E-state index contributed by atoms with van der Waals surface area (Å²) in [5.41, 5.74) is 0. The predicted octanol–water partition coefficient (Wildman–Crippen LogP) is 7.36. The summed E-state index contributed by atoms with van der Waals surface area (Å²) in [7, 11) is -5.14. The monoisotopic (exact) mass is 875 g/mol. The van der Waals surface area contributed by atoms with Gasteiger partial charge in [0.2, 0.25) is 0 Å². The molecule has 0 aromatic heterocycles. The Morgan fingerprint density at radius 1 is 0.600 bits per heavy atom. The van der Waals surface area contributed by atoms with E-state index in [1.807, 2.05) is 36.5 Å². The number of carbonyl (C=O) groups is 2.